The van der Waals surface area contributed by atoms with Crippen molar-refractivity contribution in [3.63, 3.8) is 0 Å². The number of amides is 1. The van der Waals surface area contributed by atoms with E-state index in [2.05, 4.69) is 10.1 Å². The Labute approximate surface area is 227 Å². The van der Waals surface area contributed by atoms with Crippen molar-refractivity contribution >= 4 is 34.4 Å². The first kappa shape index (κ1) is 25.3. The van der Waals surface area contributed by atoms with Gasteiger partial charge in [-0.3, -0.25) is 14.0 Å². The van der Waals surface area contributed by atoms with E-state index in [4.69, 9.17) is 26.4 Å². The molecule has 0 radical (unpaired) electrons. The first-order valence-electron chi connectivity index (χ1n) is 12.4. The first-order chi connectivity index (χ1) is 18.7. The monoisotopic (exact) mass is 553 g/mol. The predicted molar refractivity (Wildman–Crippen MR) is 142 cm³/mol. The Morgan fingerprint density at radius 2 is 2.00 bits per heavy atom. The Morgan fingerprint density at radius 3 is 2.74 bits per heavy atom. The van der Waals surface area contributed by atoms with Gasteiger partial charge in [-0.05, 0) is 25.1 Å². The number of aromatic nitrogens is 5. The summed E-state index contributed by atoms with van der Waals surface area (Å²) in [6.07, 6.45) is 2.37. The maximum absolute atomic E-state index is 15.1. The number of hydrogen-bond donors (Lipinski definition) is 1. The average molecular weight is 554 g/mol. The van der Waals surface area contributed by atoms with Gasteiger partial charge < -0.3 is 19.6 Å². The highest BCUT2D eigenvalue weighted by atomic mass is 35.5. The van der Waals surface area contributed by atoms with Crippen molar-refractivity contribution in [2.75, 3.05) is 37.7 Å². The maximum atomic E-state index is 15.1. The summed E-state index contributed by atoms with van der Waals surface area (Å²) in [5.74, 6) is 0.487. The molecule has 13 heteroatoms. The number of carbonyl (C=O) groups is 1. The van der Waals surface area contributed by atoms with Gasteiger partial charge in [-0.15, -0.1) is 0 Å². The second-order valence-electron chi connectivity index (χ2n) is 9.77. The Kier molecular flexibility index (Phi) is 6.23. The summed E-state index contributed by atoms with van der Waals surface area (Å²) in [7, 11) is 1.62. The Morgan fingerprint density at radius 1 is 1.21 bits per heavy atom. The van der Waals surface area contributed by atoms with Crippen LogP contribution in [0.25, 0.3) is 22.2 Å². The lowest BCUT2D eigenvalue weighted by atomic mass is 10.1. The van der Waals surface area contributed by atoms with Crippen molar-refractivity contribution in [3.05, 3.63) is 69.2 Å². The molecule has 1 amide bonds. The minimum Gasteiger partial charge on any atom is -0.465 e. The fourth-order valence-corrected chi connectivity index (χ4v) is 5.14. The van der Waals surface area contributed by atoms with Gasteiger partial charge in [0.25, 0.3) is 5.56 Å². The summed E-state index contributed by atoms with van der Waals surface area (Å²) in [6.45, 7) is 3.92. The molecule has 3 aromatic heterocycles. The van der Waals surface area contributed by atoms with Gasteiger partial charge in [0.15, 0.2) is 0 Å². The molecule has 0 spiro atoms. The molecule has 1 N–H and O–H groups in total. The summed E-state index contributed by atoms with van der Waals surface area (Å²) in [5, 5.41) is 14.0. The third-order valence-electron chi connectivity index (χ3n) is 7.35. The van der Waals surface area contributed by atoms with E-state index in [0.29, 0.717) is 49.9 Å². The van der Waals surface area contributed by atoms with Gasteiger partial charge in [0.2, 0.25) is 0 Å². The molecule has 0 unspecified atom stereocenters. The molecular formula is C26H25ClFN7O4. The normalized spacial score (nSPS) is 18.0. The van der Waals surface area contributed by atoms with E-state index < -0.39 is 11.9 Å². The van der Waals surface area contributed by atoms with Gasteiger partial charge in [-0.2, -0.15) is 5.10 Å². The lowest BCUT2D eigenvalue weighted by Gasteiger charge is -2.37. The van der Waals surface area contributed by atoms with Crippen LogP contribution in [0.15, 0.2) is 41.5 Å². The van der Waals surface area contributed by atoms with Crippen LogP contribution in [-0.2, 0) is 11.8 Å². The van der Waals surface area contributed by atoms with Crippen molar-refractivity contribution in [1.82, 2.24) is 29.2 Å². The molecular weight excluding hydrogens is 529 g/mol. The molecule has 0 saturated carbocycles. The quantitative estimate of drug-likeness (QED) is 0.408. The van der Waals surface area contributed by atoms with E-state index >= 15 is 4.39 Å². The van der Waals surface area contributed by atoms with Crippen LogP contribution in [-0.4, -0.2) is 73.2 Å². The fraction of sp³-hybridized carbons (Fsp3) is 0.346. The highest BCUT2D eigenvalue weighted by Crippen LogP contribution is 2.33. The molecule has 2 aliphatic rings. The fourth-order valence-electron chi connectivity index (χ4n) is 4.98. The van der Waals surface area contributed by atoms with E-state index in [9.17, 15) is 9.59 Å². The van der Waals surface area contributed by atoms with Crippen molar-refractivity contribution in [3.8, 4) is 11.3 Å². The number of fused-ring (bicyclic) bond motifs is 1. The van der Waals surface area contributed by atoms with Crippen molar-refractivity contribution in [2.24, 2.45) is 7.05 Å². The SMILES string of the molecule is Cc1nc2cc(N3CCO[C@@H](c4cnn(C5CN(C(=O)O)C5)c4)C3)nc(-c3ccc(Cl)cc3F)c2c(=O)n1C. The smallest absolute Gasteiger partial charge is 0.407 e. The molecule has 0 bridgehead atoms. The van der Waals surface area contributed by atoms with E-state index in [1.807, 2.05) is 11.1 Å². The lowest BCUT2D eigenvalue weighted by molar-refractivity contribution is 0.0392. The van der Waals surface area contributed by atoms with Crippen LogP contribution in [0.2, 0.25) is 5.02 Å². The number of morpholine rings is 1. The van der Waals surface area contributed by atoms with E-state index in [-0.39, 0.29) is 39.4 Å². The third-order valence-corrected chi connectivity index (χ3v) is 7.58. The van der Waals surface area contributed by atoms with Crippen LogP contribution in [0.4, 0.5) is 15.0 Å². The maximum Gasteiger partial charge on any atom is 0.407 e. The molecule has 2 aliphatic heterocycles. The van der Waals surface area contributed by atoms with E-state index in [1.54, 1.807) is 37.0 Å². The van der Waals surface area contributed by atoms with Crippen molar-refractivity contribution in [2.45, 2.75) is 19.1 Å². The molecule has 2 fully saturated rings. The molecule has 0 aliphatic carbocycles. The lowest BCUT2D eigenvalue weighted by Crippen LogP contribution is -2.50. The standard InChI is InChI=1S/C26H25ClFN7O4/c1-14-30-20-8-22(31-24(23(20)25(36)32(14)2)18-4-3-16(27)7-19(18)28)33-5-6-39-21(13-33)15-9-29-35(10-15)17-11-34(12-17)26(37)38/h3-4,7-10,17,21H,5-6,11-13H2,1-2H3,(H,37,38)/t21-/m1/s1. The highest BCUT2D eigenvalue weighted by molar-refractivity contribution is 6.30. The summed E-state index contributed by atoms with van der Waals surface area (Å²) in [4.78, 5) is 37.1. The predicted octanol–water partition coefficient (Wildman–Crippen LogP) is 3.41. The molecule has 6 rings (SSSR count). The minimum absolute atomic E-state index is 0.00884. The number of halogens is 2. The summed E-state index contributed by atoms with van der Waals surface area (Å²) in [5.41, 5.74) is 1.34. The van der Waals surface area contributed by atoms with Crippen LogP contribution >= 0.6 is 11.6 Å². The number of anilines is 1. The average Bonchev–Trinajstić information content (AvgIpc) is 3.35. The number of carboxylic acid groups (broad SMARTS) is 1. The molecule has 1 aromatic carbocycles. The van der Waals surface area contributed by atoms with Gasteiger partial charge in [-0.1, -0.05) is 11.6 Å². The molecule has 4 aromatic rings. The first-order valence-corrected chi connectivity index (χ1v) is 12.8. The Balaban J connectivity index is 1.35. The number of ether oxygens (including phenoxy) is 1. The number of hydrogen-bond acceptors (Lipinski definition) is 7. The zero-order chi connectivity index (χ0) is 27.4. The largest absolute Gasteiger partial charge is 0.465 e. The Bertz CT molecular complexity index is 1670. The van der Waals surface area contributed by atoms with Crippen LogP contribution < -0.4 is 10.5 Å². The van der Waals surface area contributed by atoms with Crippen LogP contribution in [0.1, 0.15) is 23.5 Å². The van der Waals surface area contributed by atoms with Gasteiger partial charge >= 0.3 is 6.09 Å². The number of pyridine rings is 1. The topological polar surface area (TPSA) is 119 Å². The van der Waals surface area contributed by atoms with Crippen molar-refractivity contribution < 1.29 is 19.0 Å². The van der Waals surface area contributed by atoms with E-state index in [0.717, 1.165) is 5.56 Å². The number of likely N-dealkylation sites (tertiary alicyclic amines) is 1. The van der Waals surface area contributed by atoms with Crippen molar-refractivity contribution in [1.29, 1.82) is 0 Å². The zero-order valence-electron chi connectivity index (χ0n) is 21.2. The van der Waals surface area contributed by atoms with E-state index in [1.165, 1.54) is 21.6 Å². The molecule has 5 heterocycles. The number of benzene rings is 1. The second-order valence-corrected chi connectivity index (χ2v) is 10.2. The van der Waals surface area contributed by atoms with Gasteiger partial charge in [0, 0.05) is 61.6 Å². The summed E-state index contributed by atoms with van der Waals surface area (Å²) >= 11 is 5.99. The number of nitrogens with zero attached hydrogens (tertiary/aromatic N) is 7. The third kappa shape index (κ3) is 4.49. The summed E-state index contributed by atoms with van der Waals surface area (Å²) < 4.78 is 24.3. The number of aryl methyl sites for hydroxylation is 1. The van der Waals surface area contributed by atoms with Gasteiger partial charge in [0.1, 0.15) is 23.6 Å². The minimum atomic E-state index is -0.937. The number of rotatable bonds is 4. The van der Waals surface area contributed by atoms with Gasteiger partial charge in [-0.25, -0.2) is 19.2 Å². The summed E-state index contributed by atoms with van der Waals surface area (Å²) in [6, 6.07) is 6.02. The molecule has 2 saturated heterocycles. The second kappa shape index (κ2) is 9.62. The van der Waals surface area contributed by atoms with Crippen LogP contribution in [0.3, 0.4) is 0 Å². The molecule has 202 valence electrons. The van der Waals surface area contributed by atoms with Crippen LogP contribution in [0.5, 0.6) is 0 Å². The molecule has 1 atom stereocenters. The molecule has 39 heavy (non-hydrogen) atoms. The Hall–Kier alpha value is -4.03. The molecule has 11 nitrogen and oxygen atoms in total. The zero-order valence-corrected chi connectivity index (χ0v) is 22.0. The van der Waals surface area contributed by atoms with Crippen LogP contribution in [0, 0.1) is 12.7 Å². The van der Waals surface area contributed by atoms with Gasteiger partial charge in [0.05, 0.1) is 35.4 Å². The highest BCUT2D eigenvalue weighted by Gasteiger charge is 2.33.